The molecule has 2 saturated carbocycles. The van der Waals surface area contributed by atoms with Gasteiger partial charge in [-0.2, -0.15) is 0 Å². The summed E-state index contributed by atoms with van der Waals surface area (Å²) in [4.78, 5) is 29.7. The number of fused-ring (bicyclic) bond motifs is 2. The van der Waals surface area contributed by atoms with E-state index in [-0.39, 0.29) is 35.0 Å². The van der Waals surface area contributed by atoms with Gasteiger partial charge >= 0.3 is 11.9 Å². The van der Waals surface area contributed by atoms with Crippen LogP contribution in [-0.2, 0) is 52.5 Å². The standard InChI is InChI=1S/C21H28N2O3.C20H28BrNO3/c1-5-14-12-20(10-9-18(14)25-4)13-15-7-8-16(23-3)11-17(15)21(20,22)19(24)26-6-2;1-4-13-11-19(9-8-17(13)24-3)12-14-6-7-15(21)10-16(14)20(19,22)18(23)25-5-2/h7-8,11,14,18H,5-6,9-10,12-13,22H2,1-2,4H3;6-7,10,13,17H,4-5,8-9,11-12,22H2,1-3H3/t14-,18-,20-,21-;13-,17-,19-,20-/m11/s1. The normalized spacial score (nSPS) is 33.5. The second kappa shape index (κ2) is 15.7. The molecular formula is C41H56BrN3O6. The van der Waals surface area contributed by atoms with Gasteiger partial charge in [0, 0.05) is 29.5 Å². The highest BCUT2D eigenvalue weighted by Crippen LogP contribution is 2.60. The lowest BCUT2D eigenvalue weighted by molar-refractivity contribution is -0.160. The lowest BCUT2D eigenvalue weighted by Crippen LogP contribution is -2.59. The molecule has 2 aromatic rings. The lowest BCUT2D eigenvalue weighted by Gasteiger charge is -2.49. The molecule has 2 spiro atoms. The Bertz CT molecular complexity index is 1650. The summed E-state index contributed by atoms with van der Waals surface area (Å²) in [7, 11) is 3.55. The van der Waals surface area contributed by atoms with Crippen LogP contribution in [0, 0.1) is 29.2 Å². The molecule has 8 atom stereocenters. The van der Waals surface area contributed by atoms with E-state index < -0.39 is 11.1 Å². The lowest BCUT2D eigenvalue weighted by atomic mass is 9.58. The monoisotopic (exact) mass is 765 g/mol. The van der Waals surface area contributed by atoms with E-state index >= 15 is 0 Å². The number of hydrogen-bond donors (Lipinski definition) is 2. The first-order chi connectivity index (χ1) is 24.4. The summed E-state index contributed by atoms with van der Waals surface area (Å²) in [5.41, 5.74) is 15.3. The molecule has 4 aliphatic carbocycles. The van der Waals surface area contributed by atoms with E-state index in [9.17, 15) is 9.59 Å². The predicted octanol–water partition coefficient (Wildman–Crippen LogP) is 7.66. The fraction of sp³-hybridized carbons (Fsp3) is 0.634. The zero-order chi connectivity index (χ0) is 37.2. The van der Waals surface area contributed by atoms with Crippen molar-refractivity contribution in [2.75, 3.05) is 27.4 Å². The van der Waals surface area contributed by atoms with E-state index in [1.165, 1.54) is 5.56 Å². The van der Waals surface area contributed by atoms with Crippen molar-refractivity contribution in [2.45, 2.75) is 115 Å². The number of nitrogens with zero attached hydrogens (tertiary/aromatic N) is 1. The summed E-state index contributed by atoms with van der Waals surface area (Å²) >= 11 is 3.54. The zero-order valence-electron chi connectivity index (χ0n) is 31.2. The van der Waals surface area contributed by atoms with Crippen LogP contribution in [0.25, 0.3) is 4.85 Å². The highest BCUT2D eigenvalue weighted by Gasteiger charge is 2.64. The van der Waals surface area contributed by atoms with Crippen LogP contribution in [0.3, 0.4) is 0 Å². The predicted molar refractivity (Wildman–Crippen MR) is 201 cm³/mol. The van der Waals surface area contributed by atoms with E-state index in [1.807, 2.05) is 31.2 Å². The molecule has 2 aromatic carbocycles. The SMILES string of the molecule is CCOC(=O)[C@]1(N)c2cc(Br)ccc2C[C@]12CC[C@@H](OC)[C@H](CC)C2.[C-]#[N+]c1ccc2c(c1)[C@@](N)(C(=O)OCC)[C@@]1(CC[C@@H](OC)[C@H](CC)C1)C2. The molecule has 0 unspecified atom stereocenters. The maximum absolute atomic E-state index is 13.1. The van der Waals surface area contributed by atoms with E-state index in [0.29, 0.717) is 30.7 Å². The smallest absolute Gasteiger partial charge is 0.331 e. The van der Waals surface area contributed by atoms with Crippen molar-refractivity contribution in [3.63, 3.8) is 0 Å². The van der Waals surface area contributed by atoms with Gasteiger partial charge in [0.25, 0.3) is 0 Å². The highest BCUT2D eigenvalue weighted by molar-refractivity contribution is 9.10. The van der Waals surface area contributed by atoms with Crippen LogP contribution >= 0.6 is 15.9 Å². The molecule has 2 fully saturated rings. The van der Waals surface area contributed by atoms with Crippen molar-refractivity contribution in [1.82, 2.24) is 0 Å². The van der Waals surface area contributed by atoms with Crippen LogP contribution in [0.1, 0.15) is 101 Å². The number of methoxy groups -OCH3 is 2. The minimum atomic E-state index is -1.20. The second-order valence-corrected chi connectivity index (χ2v) is 16.0. The van der Waals surface area contributed by atoms with Gasteiger partial charge in [-0.25, -0.2) is 14.4 Å². The maximum atomic E-state index is 13.1. The number of ether oxygens (including phenoxy) is 4. The largest absolute Gasteiger partial charge is 0.464 e. The van der Waals surface area contributed by atoms with Crippen LogP contribution in [0.4, 0.5) is 5.69 Å². The Balaban J connectivity index is 0.000000198. The van der Waals surface area contributed by atoms with E-state index in [0.717, 1.165) is 85.4 Å². The van der Waals surface area contributed by atoms with Crippen molar-refractivity contribution < 1.29 is 28.5 Å². The number of benzene rings is 2. The first-order valence-corrected chi connectivity index (χ1v) is 19.4. The number of esters is 2. The minimum Gasteiger partial charge on any atom is -0.464 e. The van der Waals surface area contributed by atoms with E-state index in [1.54, 1.807) is 27.2 Å². The number of hydrogen-bond acceptors (Lipinski definition) is 8. The van der Waals surface area contributed by atoms with Crippen LogP contribution in [0.5, 0.6) is 0 Å². The number of carbonyl (C=O) groups excluding carboxylic acids is 2. The fourth-order valence-corrected chi connectivity index (χ4v) is 10.6. The third kappa shape index (κ3) is 6.56. The third-order valence-corrected chi connectivity index (χ3v) is 13.4. The first kappa shape index (κ1) is 39.4. The highest BCUT2D eigenvalue weighted by atomic mass is 79.9. The molecular weight excluding hydrogens is 710 g/mol. The summed E-state index contributed by atoms with van der Waals surface area (Å²) in [6, 6.07) is 11.7. The van der Waals surface area contributed by atoms with Crippen LogP contribution in [-0.4, -0.2) is 51.6 Å². The van der Waals surface area contributed by atoms with Gasteiger partial charge in [-0.05, 0) is 111 Å². The number of rotatable bonds is 8. The maximum Gasteiger partial charge on any atom is 0.331 e. The van der Waals surface area contributed by atoms with Gasteiger partial charge in [0.2, 0.25) is 0 Å². The fourth-order valence-electron chi connectivity index (χ4n) is 10.2. The molecule has 6 rings (SSSR count). The quantitative estimate of drug-likeness (QED) is 0.207. The van der Waals surface area contributed by atoms with Crippen molar-refractivity contribution in [3.05, 3.63) is 74.5 Å². The summed E-state index contributed by atoms with van der Waals surface area (Å²) in [5, 5.41) is 0. The van der Waals surface area contributed by atoms with Crippen molar-refractivity contribution >= 4 is 33.6 Å². The molecule has 278 valence electrons. The topological polar surface area (TPSA) is 127 Å². The van der Waals surface area contributed by atoms with Gasteiger partial charge in [0.15, 0.2) is 5.69 Å². The average molecular weight is 767 g/mol. The zero-order valence-corrected chi connectivity index (χ0v) is 32.8. The minimum absolute atomic E-state index is 0.208. The number of halogens is 1. The van der Waals surface area contributed by atoms with Gasteiger partial charge in [0.1, 0.15) is 11.1 Å². The Morgan fingerprint density at radius 1 is 0.784 bits per heavy atom. The Labute approximate surface area is 312 Å². The van der Waals surface area contributed by atoms with Crippen LogP contribution < -0.4 is 11.5 Å². The molecule has 51 heavy (non-hydrogen) atoms. The van der Waals surface area contributed by atoms with Gasteiger partial charge in [-0.3, -0.25) is 0 Å². The molecule has 0 heterocycles. The molecule has 0 radical (unpaired) electrons. The Kier molecular flexibility index (Phi) is 12.1. The Morgan fingerprint density at radius 3 is 1.65 bits per heavy atom. The molecule has 0 saturated heterocycles. The van der Waals surface area contributed by atoms with Crippen molar-refractivity contribution in [1.29, 1.82) is 0 Å². The van der Waals surface area contributed by atoms with Crippen LogP contribution in [0.2, 0.25) is 0 Å². The van der Waals surface area contributed by atoms with Crippen LogP contribution in [0.15, 0.2) is 40.9 Å². The molecule has 0 aromatic heterocycles. The molecule has 4 N–H and O–H groups in total. The summed E-state index contributed by atoms with van der Waals surface area (Å²) in [5.74, 6) is 0.110. The summed E-state index contributed by atoms with van der Waals surface area (Å²) in [6.45, 7) is 16.0. The van der Waals surface area contributed by atoms with Gasteiger partial charge in [0.05, 0.1) is 32.0 Å². The molecule has 9 nitrogen and oxygen atoms in total. The van der Waals surface area contributed by atoms with Crippen molar-refractivity contribution in [3.8, 4) is 0 Å². The summed E-state index contributed by atoms with van der Waals surface area (Å²) < 4.78 is 23.2. The van der Waals surface area contributed by atoms with E-state index in [2.05, 4.69) is 40.7 Å². The first-order valence-electron chi connectivity index (χ1n) is 18.6. The molecule has 4 aliphatic rings. The summed E-state index contributed by atoms with van der Waals surface area (Å²) in [6.07, 6.45) is 9.30. The number of nitrogens with two attached hydrogens (primary N) is 2. The third-order valence-electron chi connectivity index (χ3n) is 12.9. The second-order valence-electron chi connectivity index (χ2n) is 15.1. The number of carbonyl (C=O) groups is 2. The average Bonchev–Trinajstić information content (AvgIpc) is 3.52. The molecule has 0 aliphatic heterocycles. The van der Waals surface area contributed by atoms with Gasteiger partial charge in [-0.1, -0.05) is 66.9 Å². The molecule has 0 amide bonds. The van der Waals surface area contributed by atoms with E-state index in [4.69, 9.17) is 37.0 Å². The molecule has 0 bridgehead atoms. The Hall–Kier alpha value is -2.81. The Morgan fingerprint density at radius 2 is 1.24 bits per heavy atom. The van der Waals surface area contributed by atoms with Gasteiger partial charge in [-0.15, -0.1) is 0 Å². The van der Waals surface area contributed by atoms with Gasteiger partial charge < -0.3 is 30.4 Å². The molecule has 10 heteroatoms. The van der Waals surface area contributed by atoms with Crippen molar-refractivity contribution in [2.24, 2.45) is 34.1 Å².